The van der Waals surface area contributed by atoms with Crippen LogP contribution >= 0.6 is 11.8 Å². The Kier molecular flexibility index (Phi) is 5.23. The van der Waals surface area contributed by atoms with Gasteiger partial charge >= 0.3 is 5.97 Å². The number of nitrogens with one attached hydrogen (secondary N) is 1. The average molecular weight is 456 g/mol. The van der Waals surface area contributed by atoms with Gasteiger partial charge in [0.1, 0.15) is 16.6 Å². The average Bonchev–Trinajstić information content (AvgIpc) is 3.49. The molecule has 1 amide bonds. The smallest absolute Gasteiger partial charge is 0.338 e. The van der Waals surface area contributed by atoms with Crippen molar-refractivity contribution in [3.8, 4) is 11.3 Å². The number of fused-ring (bicyclic) bond motifs is 1. The first-order chi connectivity index (χ1) is 16.0. The van der Waals surface area contributed by atoms with E-state index in [1.54, 1.807) is 36.4 Å². The number of nitrogens with zero attached hydrogens (tertiary/aromatic N) is 3. The number of ether oxygens (including phenoxy) is 1. The lowest BCUT2D eigenvalue weighted by Crippen LogP contribution is -2.35. The van der Waals surface area contributed by atoms with E-state index in [4.69, 9.17) is 14.6 Å². The van der Waals surface area contributed by atoms with Crippen LogP contribution in [0.2, 0.25) is 0 Å². The van der Waals surface area contributed by atoms with Gasteiger partial charge in [-0.25, -0.2) is 4.79 Å². The van der Waals surface area contributed by atoms with Gasteiger partial charge in [0.25, 0.3) is 5.91 Å². The van der Waals surface area contributed by atoms with Crippen LogP contribution in [-0.4, -0.2) is 40.0 Å². The van der Waals surface area contributed by atoms with Gasteiger partial charge in [0, 0.05) is 11.1 Å². The SMILES string of the molecule is COC(=O)c1ccccc1-c1ccc(/C=C2/C(=N)N3N=C(c4ccccc4)SC3=NC2=O)o1. The van der Waals surface area contributed by atoms with Crippen LogP contribution in [0.4, 0.5) is 0 Å². The summed E-state index contributed by atoms with van der Waals surface area (Å²) < 4.78 is 10.7. The van der Waals surface area contributed by atoms with Gasteiger partial charge in [0.15, 0.2) is 5.84 Å². The van der Waals surface area contributed by atoms with Gasteiger partial charge in [-0.05, 0) is 36.0 Å². The lowest BCUT2D eigenvalue weighted by Gasteiger charge is -2.19. The number of amides is 1. The molecular weight excluding hydrogens is 440 g/mol. The molecule has 3 heterocycles. The third-order valence-corrected chi connectivity index (χ3v) is 5.94. The fourth-order valence-electron chi connectivity index (χ4n) is 3.39. The number of furan rings is 1. The summed E-state index contributed by atoms with van der Waals surface area (Å²) in [5, 5.41) is 15.3. The van der Waals surface area contributed by atoms with E-state index in [1.165, 1.54) is 30.0 Å². The van der Waals surface area contributed by atoms with E-state index in [1.807, 2.05) is 30.3 Å². The maximum atomic E-state index is 12.7. The lowest BCUT2D eigenvalue weighted by molar-refractivity contribution is -0.114. The first-order valence-electron chi connectivity index (χ1n) is 9.88. The number of aliphatic imine (C=N–C) groups is 1. The Morgan fingerprint density at radius 3 is 2.64 bits per heavy atom. The molecule has 1 aromatic heterocycles. The zero-order valence-corrected chi connectivity index (χ0v) is 18.1. The van der Waals surface area contributed by atoms with Crippen LogP contribution < -0.4 is 0 Å². The van der Waals surface area contributed by atoms with Crippen molar-refractivity contribution in [1.82, 2.24) is 5.01 Å². The van der Waals surface area contributed by atoms with E-state index in [-0.39, 0.29) is 11.4 Å². The molecule has 0 spiro atoms. The molecule has 0 aliphatic carbocycles. The molecule has 1 N–H and O–H groups in total. The highest BCUT2D eigenvalue weighted by Crippen LogP contribution is 2.32. The van der Waals surface area contributed by atoms with Gasteiger partial charge in [-0.15, -0.1) is 0 Å². The Hall–Kier alpha value is -4.24. The van der Waals surface area contributed by atoms with Crippen molar-refractivity contribution in [2.45, 2.75) is 0 Å². The molecular formula is C24H16N4O4S. The monoisotopic (exact) mass is 456 g/mol. The number of benzene rings is 2. The number of hydrogen-bond acceptors (Lipinski definition) is 7. The second-order valence-electron chi connectivity index (χ2n) is 7.03. The predicted molar refractivity (Wildman–Crippen MR) is 126 cm³/mol. The summed E-state index contributed by atoms with van der Waals surface area (Å²) >= 11 is 1.24. The molecule has 0 bridgehead atoms. The van der Waals surface area contributed by atoms with Gasteiger partial charge in [0.2, 0.25) is 5.17 Å². The second kappa shape index (κ2) is 8.36. The minimum Gasteiger partial charge on any atom is -0.465 e. The van der Waals surface area contributed by atoms with Gasteiger partial charge in [-0.3, -0.25) is 10.2 Å². The Morgan fingerprint density at radius 1 is 1.09 bits per heavy atom. The van der Waals surface area contributed by atoms with Crippen LogP contribution in [0, 0.1) is 5.41 Å². The molecule has 2 aliphatic heterocycles. The largest absolute Gasteiger partial charge is 0.465 e. The number of carbonyl (C=O) groups excluding carboxylic acids is 2. The first kappa shape index (κ1) is 20.7. The molecule has 5 rings (SSSR count). The number of amidine groups is 2. The standard InChI is InChI=1S/C24H16N4O4S/c1-31-23(30)17-10-6-5-9-16(17)19-12-11-15(32-19)13-18-20(25)28-24(26-21(18)29)33-22(27-28)14-7-3-2-4-8-14/h2-13,25H,1H3/b18-13-,25-20?. The zero-order chi connectivity index (χ0) is 22.9. The summed E-state index contributed by atoms with van der Waals surface area (Å²) in [6, 6.07) is 19.8. The Labute approximate surface area is 192 Å². The van der Waals surface area contributed by atoms with Crippen LogP contribution in [0.15, 0.2) is 86.8 Å². The van der Waals surface area contributed by atoms with E-state index in [2.05, 4.69) is 10.1 Å². The van der Waals surface area contributed by atoms with E-state index < -0.39 is 11.9 Å². The summed E-state index contributed by atoms with van der Waals surface area (Å²) in [4.78, 5) is 28.8. The molecule has 2 aromatic carbocycles. The van der Waals surface area contributed by atoms with Crippen LogP contribution in [0.5, 0.6) is 0 Å². The van der Waals surface area contributed by atoms with Gasteiger partial charge in [0.05, 0.1) is 18.2 Å². The molecule has 0 unspecified atom stereocenters. The molecule has 3 aromatic rings. The first-order valence-corrected chi connectivity index (χ1v) is 10.7. The normalized spacial score (nSPS) is 16.5. The van der Waals surface area contributed by atoms with Crippen LogP contribution in [0.1, 0.15) is 21.7 Å². The quantitative estimate of drug-likeness (QED) is 0.460. The van der Waals surface area contributed by atoms with E-state index in [0.717, 1.165) is 5.56 Å². The van der Waals surface area contributed by atoms with Crippen LogP contribution in [0.25, 0.3) is 17.4 Å². The lowest BCUT2D eigenvalue weighted by atomic mass is 10.1. The third-order valence-electron chi connectivity index (χ3n) is 4.99. The number of carbonyl (C=O) groups is 2. The molecule has 8 nitrogen and oxygen atoms in total. The van der Waals surface area contributed by atoms with Crippen molar-refractivity contribution < 1.29 is 18.7 Å². The zero-order valence-electron chi connectivity index (χ0n) is 17.3. The number of esters is 1. The van der Waals surface area contributed by atoms with Crippen LogP contribution in [-0.2, 0) is 9.53 Å². The highest BCUT2D eigenvalue weighted by Gasteiger charge is 2.36. The summed E-state index contributed by atoms with van der Waals surface area (Å²) in [6.07, 6.45) is 1.45. The number of methoxy groups -OCH3 is 1. The molecule has 33 heavy (non-hydrogen) atoms. The second-order valence-corrected chi connectivity index (χ2v) is 7.99. The molecule has 0 atom stereocenters. The summed E-state index contributed by atoms with van der Waals surface area (Å²) in [5.41, 5.74) is 1.86. The maximum Gasteiger partial charge on any atom is 0.338 e. The number of hydrazone groups is 1. The Morgan fingerprint density at radius 2 is 1.85 bits per heavy atom. The van der Waals surface area contributed by atoms with Crippen molar-refractivity contribution >= 4 is 45.8 Å². The molecule has 0 fully saturated rings. The van der Waals surface area contributed by atoms with Crippen molar-refractivity contribution in [2.75, 3.05) is 7.11 Å². The van der Waals surface area contributed by atoms with Gasteiger partial charge in [-0.2, -0.15) is 15.1 Å². The van der Waals surface area contributed by atoms with E-state index >= 15 is 0 Å². The third kappa shape index (κ3) is 3.79. The summed E-state index contributed by atoms with van der Waals surface area (Å²) in [6.45, 7) is 0. The molecule has 2 aliphatic rings. The number of rotatable bonds is 4. The van der Waals surface area contributed by atoms with Crippen molar-refractivity contribution in [3.63, 3.8) is 0 Å². The molecule has 0 radical (unpaired) electrons. The van der Waals surface area contributed by atoms with Crippen molar-refractivity contribution in [2.24, 2.45) is 10.1 Å². The van der Waals surface area contributed by atoms with Crippen molar-refractivity contribution in [1.29, 1.82) is 5.41 Å². The number of thioether (sulfide) groups is 1. The number of hydrogen-bond donors (Lipinski definition) is 1. The fraction of sp³-hybridized carbons (Fsp3) is 0.0417. The Bertz CT molecular complexity index is 1390. The summed E-state index contributed by atoms with van der Waals surface area (Å²) in [5.74, 6) is -0.336. The Balaban J connectivity index is 1.46. The van der Waals surface area contributed by atoms with Crippen molar-refractivity contribution in [3.05, 3.63) is 89.2 Å². The van der Waals surface area contributed by atoms with Gasteiger partial charge < -0.3 is 9.15 Å². The molecule has 9 heteroatoms. The van der Waals surface area contributed by atoms with E-state index in [9.17, 15) is 9.59 Å². The minimum atomic E-state index is -0.545. The highest BCUT2D eigenvalue weighted by molar-refractivity contribution is 8.27. The molecule has 0 saturated heterocycles. The highest BCUT2D eigenvalue weighted by atomic mass is 32.2. The van der Waals surface area contributed by atoms with Crippen LogP contribution in [0.3, 0.4) is 0 Å². The van der Waals surface area contributed by atoms with E-state index in [0.29, 0.717) is 32.9 Å². The fourth-order valence-corrected chi connectivity index (χ4v) is 4.29. The minimum absolute atomic E-state index is 0.0552. The summed E-state index contributed by atoms with van der Waals surface area (Å²) in [7, 11) is 1.31. The maximum absolute atomic E-state index is 12.7. The topological polar surface area (TPSA) is 108 Å². The predicted octanol–water partition coefficient (Wildman–Crippen LogP) is 4.40. The molecule has 162 valence electrons. The molecule has 0 saturated carbocycles. The van der Waals surface area contributed by atoms with Gasteiger partial charge in [-0.1, -0.05) is 48.5 Å².